The van der Waals surface area contributed by atoms with Crippen molar-refractivity contribution in [3.63, 3.8) is 0 Å². The van der Waals surface area contributed by atoms with Crippen molar-refractivity contribution in [2.45, 2.75) is 6.92 Å². The summed E-state index contributed by atoms with van der Waals surface area (Å²) >= 11 is 0. The van der Waals surface area contributed by atoms with Crippen molar-refractivity contribution in [3.8, 4) is 0 Å². The summed E-state index contributed by atoms with van der Waals surface area (Å²) in [6, 6.07) is 6.94. The molecule has 2 aliphatic rings. The highest BCUT2D eigenvalue weighted by atomic mass is 16.5. The topological polar surface area (TPSA) is 53.6 Å². The molecule has 0 saturated heterocycles. The molecule has 4 heteroatoms. The van der Waals surface area contributed by atoms with Crippen LogP contribution in [0.1, 0.15) is 6.92 Å². The normalized spacial score (nSPS) is 26.4. The van der Waals surface area contributed by atoms with E-state index in [4.69, 9.17) is 0 Å². The van der Waals surface area contributed by atoms with Crippen molar-refractivity contribution in [2.75, 3.05) is 0 Å². The van der Waals surface area contributed by atoms with Gasteiger partial charge in [-0.3, -0.25) is 5.06 Å². The quantitative estimate of drug-likeness (QED) is 0.539. The summed E-state index contributed by atoms with van der Waals surface area (Å²) in [5.41, 5.74) is 2.01. The molecule has 0 bridgehead atoms. The van der Waals surface area contributed by atoms with Gasteiger partial charge >= 0.3 is 0 Å². The maximum absolute atomic E-state index is 12.3. The second-order valence-electron chi connectivity index (χ2n) is 4.28. The minimum Gasteiger partial charge on any atom is -0.623 e. The third-order valence-corrected chi connectivity index (χ3v) is 3.20. The predicted octanol–water partition coefficient (Wildman–Crippen LogP) is 1.39. The summed E-state index contributed by atoms with van der Waals surface area (Å²) in [7, 11) is 0. The summed E-state index contributed by atoms with van der Waals surface area (Å²) in [6.07, 6.45) is 5.48. The van der Waals surface area contributed by atoms with Gasteiger partial charge in [0.2, 0.25) is 11.4 Å². The maximum atomic E-state index is 12.3. The van der Waals surface area contributed by atoms with Gasteiger partial charge in [0.1, 0.15) is 0 Å². The highest BCUT2D eigenvalue weighted by molar-refractivity contribution is 6.00. The van der Waals surface area contributed by atoms with Gasteiger partial charge in [-0.15, -0.1) is 0 Å². The van der Waals surface area contributed by atoms with Gasteiger partial charge < -0.3 is 10.4 Å². The van der Waals surface area contributed by atoms with E-state index in [1.807, 2.05) is 19.1 Å². The van der Waals surface area contributed by atoms with Gasteiger partial charge in [0.15, 0.2) is 0 Å². The number of para-hydroxylation sites is 2. The summed E-state index contributed by atoms with van der Waals surface area (Å²) in [6.45, 7) is 1.92. The average molecular weight is 228 g/mol. The SMILES string of the molecule is CC1C=CC=C2C1=[N+]([O-])c1ccccc1[NH+]2[O-]. The Morgan fingerprint density at radius 1 is 1.29 bits per heavy atom. The third kappa shape index (κ3) is 1.35. The van der Waals surface area contributed by atoms with Crippen molar-refractivity contribution >= 4 is 17.1 Å². The number of hydroxylamine groups is 1. The van der Waals surface area contributed by atoms with Crippen LogP contribution in [0, 0.1) is 16.3 Å². The van der Waals surface area contributed by atoms with E-state index < -0.39 is 0 Å². The zero-order valence-electron chi connectivity index (χ0n) is 9.38. The molecule has 0 radical (unpaired) electrons. The van der Waals surface area contributed by atoms with Crippen LogP contribution in [0.15, 0.2) is 48.2 Å². The van der Waals surface area contributed by atoms with Gasteiger partial charge in [0.25, 0.3) is 11.4 Å². The fraction of sp³-hybridized carbons (Fsp3) is 0.154. The number of rotatable bonds is 0. The van der Waals surface area contributed by atoms with Crippen LogP contribution in [0.4, 0.5) is 11.4 Å². The van der Waals surface area contributed by atoms with Crippen LogP contribution in [0.2, 0.25) is 0 Å². The molecule has 1 aliphatic heterocycles. The van der Waals surface area contributed by atoms with Crippen LogP contribution >= 0.6 is 0 Å². The second-order valence-corrected chi connectivity index (χ2v) is 4.28. The van der Waals surface area contributed by atoms with Gasteiger partial charge in [0, 0.05) is 18.2 Å². The standard InChI is InChI=1S/C13H12N2O2/c1-9-5-4-8-12-13(9)15(17)11-7-3-2-6-10(11)14(12)16/h2-9,14H,1H3. The first-order valence-corrected chi connectivity index (χ1v) is 5.57. The lowest BCUT2D eigenvalue weighted by Gasteiger charge is -2.31. The van der Waals surface area contributed by atoms with Gasteiger partial charge in [-0.1, -0.05) is 24.3 Å². The summed E-state index contributed by atoms with van der Waals surface area (Å²) in [5.74, 6) is -0.0233. The molecule has 0 aromatic heterocycles. The predicted molar refractivity (Wildman–Crippen MR) is 65.1 cm³/mol. The van der Waals surface area contributed by atoms with Crippen molar-refractivity contribution in [1.82, 2.24) is 0 Å². The monoisotopic (exact) mass is 228 g/mol. The number of benzene rings is 1. The molecule has 1 N–H and O–H groups in total. The lowest BCUT2D eigenvalue weighted by atomic mass is 9.95. The van der Waals surface area contributed by atoms with Crippen LogP contribution in [-0.4, -0.2) is 10.5 Å². The fourth-order valence-electron chi connectivity index (χ4n) is 2.34. The molecule has 1 heterocycles. The van der Waals surface area contributed by atoms with Gasteiger partial charge in [-0.05, 0) is 6.92 Å². The van der Waals surface area contributed by atoms with Crippen molar-refractivity contribution < 1.29 is 9.80 Å². The molecule has 1 aliphatic carbocycles. The van der Waals surface area contributed by atoms with E-state index in [2.05, 4.69) is 0 Å². The largest absolute Gasteiger partial charge is 0.623 e. The number of nitrogens with zero attached hydrogens (tertiary/aromatic N) is 1. The second kappa shape index (κ2) is 3.55. The minimum absolute atomic E-state index is 0.0233. The molecular formula is C13H12N2O2. The molecular weight excluding hydrogens is 216 g/mol. The Hall–Kier alpha value is -1.91. The number of hydrogen-bond donors (Lipinski definition) is 1. The zero-order valence-corrected chi connectivity index (χ0v) is 9.38. The smallest absolute Gasteiger partial charge is 0.278 e. The number of hydrogen-bond acceptors (Lipinski definition) is 2. The molecule has 2 unspecified atom stereocenters. The fourth-order valence-corrected chi connectivity index (χ4v) is 2.34. The highest BCUT2D eigenvalue weighted by Gasteiger charge is 2.37. The van der Waals surface area contributed by atoms with E-state index in [1.165, 1.54) is 0 Å². The molecule has 0 fully saturated rings. The molecule has 17 heavy (non-hydrogen) atoms. The van der Waals surface area contributed by atoms with Gasteiger partial charge in [0.05, 0.1) is 5.92 Å². The Bertz CT molecular complexity index is 573. The Morgan fingerprint density at radius 3 is 2.88 bits per heavy atom. The number of nitrogens with one attached hydrogen (secondary N) is 1. The van der Waals surface area contributed by atoms with Crippen LogP contribution in [-0.2, 0) is 0 Å². The molecule has 2 atom stereocenters. The van der Waals surface area contributed by atoms with Crippen molar-refractivity contribution in [3.05, 3.63) is 58.6 Å². The van der Waals surface area contributed by atoms with E-state index in [1.54, 1.807) is 30.3 Å². The van der Waals surface area contributed by atoms with E-state index in [-0.39, 0.29) is 11.0 Å². The average Bonchev–Trinajstić information content (AvgIpc) is 2.36. The van der Waals surface area contributed by atoms with Crippen LogP contribution in [0.5, 0.6) is 0 Å². The van der Waals surface area contributed by atoms with Crippen LogP contribution in [0.25, 0.3) is 0 Å². The molecule has 4 nitrogen and oxygen atoms in total. The zero-order chi connectivity index (χ0) is 12.0. The molecule has 1 aromatic carbocycles. The molecule has 86 valence electrons. The minimum atomic E-state index is -0.0566. The molecule has 0 spiro atoms. The van der Waals surface area contributed by atoms with E-state index in [9.17, 15) is 10.4 Å². The van der Waals surface area contributed by atoms with Crippen LogP contribution < -0.4 is 5.06 Å². The first-order chi connectivity index (χ1) is 8.20. The van der Waals surface area contributed by atoms with Gasteiger partial charge in [-0.25, -0.2) is 0 Å². The molecule has 0 saturated carbocycles. The lowest BCUT2D eigenvalue weighted by molar-refractivity contribution is -0.733. The first-order valence-electron chi connectivity index (χ1n) is 5.57. The van der Waals surface area contributed by atoms with Crippen molar-refractivity contribution in [2.24, 2.45) is 5.92 Å². The first kappa shape index (κ1) is 10.3. The number of quaternary nitrogens is 1. The van der Waals surface area contributed by atoms with Gasteiger partial charge in [-0.2, -0.15) is 4.74 Å². The van der Waals surface area contributed by atoms with Crippen LogP contribution in [0.3, 0.4) is 0 Å². The summed E-state index contributed by atoms with van der Waals surface area (Å²) in [4.78, 5) is 0. The Balaban J connectivity index is 2.30. The molecule has 1 aromatic rings. The summed E-state index contributed by atoms with van der Waals surface area (Å²) in [5, 5.41) is 24.5. The molecule has 0 amide bonds. The van der Waals surface area contributed by atoms with E-state index in [0.717, 1.165) is 4.74 Å². The highest BCUT2D eigenvalue weighted by Crippen LogP contribution is 2.28. The molecule has 3 rings (SSSR count). The van der Waals surface area contributed by atoms with E-state index >= 15 is 0 Å². The summed E-state index contributed by atoms with van der Waals surface area (Å²) < 4.78 is 0.886. The Kier molecular flexibility index (Phi) is 2.14. The Labute approximate surface area is 99.0 Å². The maximum Gasteiger partial charge on any atom is 0.278 e. The Morgan fingerprint density at radius 2 is 2.06 bits per heavy atom. The number of allylic oxidation sites excluding steroid dienone is 4. The lowest BCUT2D eigenvalue weighted by Crippen LogP contribution is -3.02. The third-order valence-electron chi connectivity index (χ3n) is 3.20. The van der Waals surface area contributed by atoms with E-state index in [0.29, 0.717) is 22.8 Å². The number of fused-ring (bicyclic) bond motifs is 2. The van der Waals surface area contributed by atoms with Crippen molar-refractivity contribution in [1.29, 1.82) is 0 Å².